The van der Waals surface area contributed by atoms with Gasteiger partial charge in [-0.05, 0) is 18.9 Å². The third-order valence-corrected chi connectivity index (χ3v) is 3.71. The third-order valence-electron chi connectivity index (χ3n) is 3.71. The summed E-state index contributed by atoms with van der Waals surface area (Å²) in [6.45, 7) is 0.256. The van der Waals surface area contributed by atoms with Gasteiger partial charge in [0.2, 0.25) is 5.95 Å². The van der Waals surface area contributed by atoms with Crippen molar-refractivity contribution in [2.75, 3.05) is 13.2 Å². The normalized spacial score (nSPS) is 17.4. The zero-order valence-corrected chi connectivity index (χ0v) is 10.5. The van der Waals surface area contributed by atoms with Gasteiger partial charge < -0.3 is 10.4 Å². The maximum absolute atomic E-state index is 13.4. The van der Waals surface area contributed by atoms with Crippen LogP contribution in [0.3, 0.4) is 0 Å². The molecule has 0 atom stereocenters. The summed E-state index contributed by atoms with van der Waals surface area (Å²) in [5.41, 5.74) is -0.684. The number of carbonyl (C=O) groups is 1. The van der Waals surface area contributed by atoms with Crippen LogP contribution in [0.1, 0.15) is 36.0 Å². The van der Waals surface area contributed by atoms with Gasteiger partial charge in [0.1, 0.15) is 0 Å². The molecule has 1 aromatic rings. The fourth-order valence-corrected chi connectivity index (χ4v) is 2.47. The van der Waals surface area contributed by atoms with E-state index in [9.17, 15) is 18.7 Å². The quantitative estimate of drug-likeness (QED) is 0.818. The number of hydrogen-bond donors (Lipinski definition) is 2. The van der Waals surface area contributed by atoms with Crippen LogP contribution in [-0.4, -0.2) is 29.1 Å². The summed E-state index contributed by atoms with van der Waals surface area (Å²) in [6.07, 6.45) is 4.72. The highest BCUT2D eigenvalue weighted by Crippen LogP contribution is 2.36. The van der Waals surface area contributed by atoms with Crippen LogP contribution in [0, 0.1) is 17.2 Å². The van der Waals surface area contributed by atoms with E-state index in [-0.39, 0.29) is 24.1 Å². The van der Waals surface area contributed by atoms with E-state index < -0.39 is 17.7 Å². The fraction of sp³-hybridized carbons (Fsp3) is 0.538. The molecule has 2 N–H and O–H groups in total. The van der Waals surface area contributed by atoms with Crippen molar-refractivity contribution in [1.82, 2.24) is 10.3 Å². The highest BCUT2D eigenvalue weighted by Gasteiger charge is 2.33. The standard InChI is InChI=1S/C13H16F2N2O2/c14-10-9(3-6-16-11(10)15)12(19)17-7-13(8-18)4-1-2-5-13/h3,6,18H,1-2,4-5,7-8H2,(H,17,19). The second-order valence-corrected chi connectivity index (χ2v) is 5.01. The zero-order valence-electron chi connectivity index (χ0n) is 10.5. The Balaban J connectivity index is 2.03. The summed E-state index contributed by atoms with van der Waals surface area (Å²) in [6, 6.07) is 1.13. The SMILES string of the molecule is O=C(NCC1(CO)CCCC1)c1ccnc(F)c1F. The Morgan fingerprint density at radius 2 is 2.11 bits per heavy atom. The van der Waals surface area contributed by atoms with Gasteiger partial charge in [-0.2, -0.15) is 4.39 Å². The van der Waals surface area contributed by atoms with Gasteiger partial charge in [0.25, 0.3) is 5.91 Å². The number of rotatable bonds is 4. The Hall–Kier alpha value is -1.56. The van der Waals surface area contributed by atoms with Crippen LogP contribution < -0.4 is 5.32 Å². The van der Waals surface area contributed by atoms with Gasteiger partial charge in [-0.15, -0.1) is 0 Å². The summed E-state index contributed by atoms with van der Waals surface area (Å²) in [5, 5.41) is 12.0. The second-order valence-electron chi connectivity index (χ2n) is 5.01. The van der Waals surface area contributed by atoms with E-state index in [0.29, 0.717) is 0 Å². The number of nitrogens with zero attached hydrogens (tertiary/aromatic N) is 1. The maximum atomic E-state index is 13.4. The number of pyridine rings is 1. The van der Waals surface area contributed by atoms with Crippen molar-refractivity contribution in [2.45, 2.75) is 25.7 Å². The average Bonchev–Trinajstić information content (AvgIpc) is 2.89. The highest BCUT2D eigenvalue weighted by atomic mass is 19.2. The largest absolute Gasteiger partial charge is 0.396 e. The number of aliphatic hydroxyl groups is 1. The molecule has 0 radical (unpaired) electrons. The van der Waals surface area contributed by atoms with Crippen LogP contribution in [0.15, 0.2) is 12.3 Å². The van der Waals surface area contributed by atoms with Gasteiger partial charge in [0.15, 0.2) is 5.82 Å². The molecule has 1 amide bonds. The molecule has 1 fully saturated rings. The lowest BCUT2D eigenvalue weighted by Crippen LogP contribution is -2.38. The van der Waals surface area contributed by atoms with Crippen LogP contribution in [0.5, 0.6) is 0 Å². The predicted octanol–water partition coefficient (Wildman–Crippen LogP) is 1.64. The van der Waals surface area contributed by atoms with Crippen molar-refractivity contribution in [1.29, 1.82) is 0 Å². The Morgan fingerprint density at radius 3 is 2.74 bits per heavy atom. The van der Waals surface area contributed by atoms with Crippen molar-refractivity contribution < 1.29 is 18.7 Å². The molecule has 0 spiro atoms. The molecule has 1 aliphatic rings. The minimum absolute atomic E-state index is 0.0134. The Kier molecular flexibility index (Phi) is 4.09. The van der Waals surface area contributed by atoms with Crippen LogP contribution in [0.2, 0.25) is 0 Å². The first-order valence-corrected chi connectivity index (χ1v) is 6.27. The van der Waals surface area contributed by atoms with Gasteiger partial charge in [-0.25, -0.2) is 9.37 Å². The second kappa shape index (κ2) is 5.61. The number of amides is 1. The molecule has 2 rings (SSSR count). The number of aromatic nitrogens is 1. The monoisotopic (exact) mass is 270 g/mol. The number of hydrogen-bond acceptors (Lipinski definition) is 3. The Bertz CT molecular complexity index is 474. The molecule has 0 saturated heterocycles. The van der Waals surface area contributed by atoms with E-state index in [4.69, 9.17) is 0 Å². The smallest absolute Gasteiger partial charge is 0.254 e. The van der Waals surface area contributed by atoms with Crippen molar-refractivity contribution in [2.24, 2.45) is 5.41 Å². The van der Waals surface area contributed by atoms with Crippen molar-refractivity contribution in [3.05, 3.63) is 29.6 Å². The topological polar surface area (TPSA) is 62.2 Å². The van der Waals surface area contributed by atoms with E-state index in [1.807, 2.05) is 0 Å². The first-order valence-electron chi connectivity index (χ1n) is 6.27. The number of nitrogens with one attached hydrogen (secondary N) is 1. The van der Waals surface area contributed by atoms with E-state index in [0.717, 1.165) is 37.9 Å². The molecule has 1 heterocycles. The van der Waals surface area contributed by atoms with E-state index in [1.165, 1.54) is 0 Å². The lowest BCUT2D eigenvalue weighted by Gasteiger charge is -2.26. The van der Waals surface area contributed by atoms with Gasteiger partial charge in [-0.3, -0.25) is 4.79 Å². The molecule has 6 heteroatoms. The highest BCUT2D eigenvalue weighted by molar-refractivity contribution is 5.94. The maximum Gasteiger partial charge on any atom is 0.254 e. The number of aliphatic hydroxyl groups excluding tert-OH is 1. The van der Waals surface area contributed by atoms with Gasteiger partial charge in [0.05, 0.1) is 12.2 Å². The molecule has 104 valence electrons. The number of carbonyl (C=O) groups excluding carboxylic acids is 1. The van der Waals surface area contributed by atoms with Crippen molar-refractivity contribution in [3.63, 3.8) is 0 Å². The molecule has 4 nitrogen and oxygen atoms in total. The summed E-state index contributed by atoms with van der Waals surface area (Å²) in [5.74, 6) is -3.21. The van der Waals surface area contributed by atoms with Gasteiger partial charge in [-0.1, -0.05) is 12.8 Å². The Labute approximate surface area is 109 Å². The van der Waals surface area contributed by atoms with Crippen molar-refractivity contribution >= 4 is 5.91 Å². The average molecular weight is 270 g/mol. The molecular formula is C13H16F2N2O2. The predicted molar refractivity (Wildman–Crippen MR) is 64.5 cm³/mol. The molecule has 0 aromatic carbocycles. The zero-order chi connectivity index (χ0) is 13.9. The molecule has 0 aliphatic heterocycles. The lowest BCUT2D eigenvalue weighted by atomic mass is 9.87. The first kappa shape index (κ1) is 13.9. The van der Waals surface area contributed by atoms with Crippen molar-refractivity contribution in [3.8, 4) is 0 Å². The van der Waals surface area contributed by atoms with E-state index in [2.05, 4.69) is 10.3 Å². The molecular weight excluding hydrogens is 254 g/mol. The molecule has 19 heavy (non-hydrogen) atoms. The summed E-state index contributed by atoms with van der Waals surface area (Å²) < 4.78 is 26.3. The Morgan fingerprint density at radius 1 is 1.42 bits per heavy atom. The summed E-state index contributed by atoms with van der Waals surface area (Å²) in [4.78, 5) is 14.9. The van der Waals surface area contributed by atoms with Gasteiger partial charge in [0, 0.05) is 18.2 Å². The molecule has 0 unspecified atom stereocenters. The molecule has 1 aliphatic carbocycles. The van der Waals surface area contributed by atoms with Crippen LogP contribution in [-0.2, 0) is 0 Å². The first-order chi connectivity index (χ1) is 9.08. The van der Waals surface area contributed by atoms with Crippen LogP contribution >= 0.6 is 0 Å². The van der Waals surface area contributed by atoms with Crippen LogP contribution in [0.25, 0.3) is 0 Å². The fourth-order valence-electron chi connectivity index (χ4n) is 2.47. The van der Waals surface area contributed by atoms with Gasteiger partial charge >= 0.3 is 0 Å². The minimum Gasteiger partial charge on any atom is -0.396 e. The third kappa shape index (κ3) is 2.89. The summed E-state index contributed by atoms with van der Waals surface area (Å²) >= 11 is 0. The van der Waals surface area contributed by atoms with E-state index >= 15 is 0 Å². The minimum atomic E-state index is -1.29. The lowest BCUT2D eigenvalue weighted by molar-refractivity contribution is 0.0875. The summed E-state index contributed by atoms with van der Waals surface area (Å²) in [7, 11) is 0. The molecule has 0 bridgehead atoms. The molecule has 1 aromatic heterocycles. The molecule has 1 saturated carbocycles. The van der Waals surface area contributed by atoms with E-state index in [1.54, 1.807) is 0 Å². The number of halogens is 2. The van der Waals surface area contributed by atoms with Crippen LogP contribution in [0.4, 0.5) is 8.78 Å².